The molecule has 0 aromatic carbocycles. The fourth-order valence-electron chi connectivity index (χ4n) is 0.526. The van der Waals surface area contributed by atoms with Gasteiger partial charge in [0.05, 0.1) is 6.61 Å². The second-order valence-corrected chi connectivity index (χ2v) is 2.14. The van der Waals surface area contributed by atoms with E-state index in [1.165, 1.54) is 0 Å². The Morgan fingerprint density at radius 2 is 1.83 bits per heavy atom. The van der Waals surface area contributed by atoms with Crippen molar-refractivity contribution in [1.29, 1.82) is 0 Å². The first-order valence-electron chi connectivity index (χ1n) is 3.12. The lowest BCUT2D eigenvalue weighted by Gasteiger charge is -2.24. The summed E-state index contributed by atoms with van der Waals surface area (Å²) < 4.78 is 0. The summed E-state index contributed by atoms with van der Waals surface area (Å²) in [5, 5.41) is 43.0. The molecular weight excluding hydrogens is 170 g/mol. The second kappa shape index (κ2) is 5.01. The van der Waals surface area contributed by atoms with E-state index in [1.807, 2.05) is 0 Å². The number of hydrogen-bond acceptors (Lipinski definition) is 6. The van der Waals surface area contributed by atoms with E-state index in [0.717, 1.165) is 0 Å². The lowest BCUT2D eigenvalue weighted by molar-refractivity contribution is -0.228. The van der Waals surface area contributed by atoms with Gasteiger partial charge in [0, 0.05) is 0 Å². The fraction of sp³-hybridized carbons (Fsp3) is 0.800. The number of aliphatic hydroxyl groups is 4. The number of carbonyl (C=O) groups excluding carboxylic acids is 1. The standard InChI is InChI=1S/C5H11NO6/c7-1-3(9)4(10)5(11)6(12)2-8/h2-5,7,9-12H,1H2/t3-,4-,5+/m1/s1. The molecule has 3 atom stereocenters. The summed E-state index contributed by atoms with van der Waals surface area (Å²) in [5.41, 5.74) is 0. The molecule has 7 heteroatoms. The summed E-state index contributed by atoms with van der Waals surface area (Å²) in [6.45, 7) is -0.787. The summed E-state index contributed by atoms with van der Waals surface area (Å²) in [6, 6.07) is 0. The molecule has 0 radical (unpaired) electrons. The Balaban J connectivity index is 4.07. The number of carbonyl (C=O) groups is 1. The number of rotatable bonds is 5. The van der Waals surface area contributed by atoms with Crippen LogP contribution in [0.25, 0.3) is 0 Å². The summed E-state index contributed by atoms with van der Waals surface area (Å²) in [4.78, 5) is 9.82. The van der Waals surface area contributed by atoms with Crippen molar-refractivity contribution in [3.05, 3.63) is 0 Å². The minimum Gasteiger partial charge on any atom is -0.394 e. The minimum absolute atomic E-state index is 0.141. The summed E-state index contributed by atoms with van der Waals surface area (Å²) >= 11 is 0. The van der Waals surface area contributed by atoms with Crippen LogP contribution in [0.3, 0.4) is 0 Å². The summed E-state index contributed by atoms with van der Waals surface area (Å²) in [7, 11) is 0. The van der Waals surface area contributed by atoms with Gasteiger partial charge in [0.15, 0.2) is 6.23 Å². The highest BCUT2D eigenvalue weighted by atomic mass is 16.6. The van der Waals surface area contributed by atoms with Gasteiger partial charge in [-0.2, -0.15) is 5.06 Å². The van der Waals surface area contributed by atoms with Gasteiger partial charge in [-0.05, 0) is 0 Å². The lowest BCUT2D eigenvalue weighted by Crippen LogP contribution is -2.48. The second-order valence-electron chi connectivity index (χ2n) is 2.14. The van der Waals surface area contributed by atoms with Crippen molar-refractivity contribution in [3.63, 3.8) is 0 Å². The third kappa shape index (κ3) is 2.72. The highest BCUT2D eigenvalue weighted by Gasteiger charge is 2.27. The smallest absolute Gasteiger partial charge is 0.235 e. The van der Waals surface area contributed by atoms with Gasteiger partial charge in [-0.1, -0.05) is 0 Å². The van der Waals surface area contributed by atoms with E-state index in [-0.39, 0.29) is 11.5 Å². The van der Waals surface area contributed by atoms with E-state index in [9.17, 15) is 4.79 Å². The summed E-state index contributed by atoms with van der Waals surface area (Å²) in [6.07, 6.45) is -5.53. The third-order valence-corrected chi connectivity index (χ3v) is 1.27. The average Bonchev–Trinajstić information content (AvgIpc) is 2.12. The van der Waals surface area contributed by atoms with Crippen LogP contribution in [0, 0.1) is 0 Å². The lowest BCUT2D eigenvalue weighted by atomic mass is 10.2. The molecule has 1 amide bonds. The number of nitrogens with zero attached hydrogens (tertiary/aromatic N) is 1. The zero-order valence-corrected chi connectivity index (χ0v) is 6.11. The van der Waals surface area contributed by atoms with E-state index in [1.54, 1.807) is 0 Å². The van der Waals surface area contributed by atoms with E-state index < -0.39 is 25.0 Å². The van der Waals surface area contributed by atoms with Gasteiger partial charge in [0.1, 0.15) is 12.2 Å². The number of aliphatic hydroxyl groups excluding tert-OH is 4. The molecule has 72 valence electrons. The van der Waals surface area contributed by atoms with Crippen LogP contribution in [0.4, 0.5) is 0 Å². The van der Waals surface area contributed by atoms with Gasteiger partial charge in [0.25, 0.3) is 0 Å². The molecular formula is C5H11NO6. The zero-order chi connectivity index (χ0) is 9.72. The molecule has 0 fully saturated rings. The van der Waals surface area contributed by atoms with Crippen LogP contribution in [-0.4, -0.2) is 62.1 Å². The Kier molecular flexibility index (Phi) is 4.71. The van der Waals surface area contributed by atoms with Crippen molar-refractivity contribution >= 4 is 6.41 Å². The Morgan fingerprint density at radius 3 is 2.17 bits per heavy atom. The quantitative estimate of drug-likeness (QED) is 0.132. The van der Waals surface area contributed by atoms with Gasteiger partial charge < -0.3 is 20.4 Å². The Morgan fingerprint density at radius 1 is 1.33 bits per heavy atom. The first-order valence-corrected chi connectivity index (χ1v) is 3.12. The molecule has 7 nitrogen and oxygen atoms in total. The molecule has 0 aliphatic carbocycles. The van der Waals surface area contributed by atoms with Crippen molar-refractivity contribution in [1.82, 2.24) is 5.06 Å². The Bertz CT molecular complexity index is 142. The van der Waals surface area contributed by atoms with Crippen LogP contribution < -0.4 is 0 Å². The molecule has 0 aliphatic heterocycles. The molecule has 0 aromatic rings. The van der Waals surface area contributed by atoms with E-state index >= 15 is 0 Å². The van der Waals surface area contributed by atoms with Crippen LogP contribution in [0.1, 0.15) is 0 Å². The highest BCUT2D eigenvalue weighted by Crippen LogP contribution is 2.01. The maximum absolute atomic E-state index is 9.82. The molecule has 0 spiro atoms. The van der Waals surface area contributed by atoms with Crippen LogP contribution in [0.5, 0.6) is 0 Å². The molecule has 0 rings (SSSR count). The molecule has 0 aliphatic rings. The number of hydrogen-bond donors (Lipinski definition) is 5. The normalized spacial score (nSPS) is 18.1. The Labute approximate surface area is 68.0 Å². The van der Waals surface area contributed by atoms with E-state index in [2.05, 4.69) is 0 Å². The van der Waals surface area contributed by atoms with Crippen molar-refractivity contribution in [2.75, 3.05) is 6.61 Å². The molecule has 0 saturated carbocycles. The molecule has 5 N–H and O–H groups in total. The SMILES string of the molecule is O=CN(O)[C@@H](O)[C@H](O)[C@H](O)CO. The third-order valence-electron chi connectivity index (χ3n) is 1.27. The molecule has 0 saturated heterocycles. The Hall–Kier alpha value is -0.730. The van der Waals surface area contributed by atoms with Gasteiger partial charge in [-0.3, -0.25) is 10.0 Å². The van der Waals surface area contributed by atoms with Crippen LogP contribution >= 0.6 is 0 Å². The van der Waals surface area contributed by atoms with Gasteiger partial charge in [-0.25, -0.2) is 0 Å². The molecule has 0 unspecified atom stereocenters. The van der Waals surface area contributed by atoms with Crippen LogP contribution in [-0.2, 0) is 4.79 Å². The highest BCUT2D eigenvalue weighted by molar-refractivity contribution is 5.45. The van der Waals surface area contributed by atoms with Gasteiger partial charge in [0.2, 0.25) is 6.41 Å². The molecule has 0 aromatic heterocycles. The largest absolute Gasteiger partial charge is 0.394 e. The predicted octanol–water partition coefficient (Wildman–Crippen LogP) is -3.13. The number of hydroxylamine groups is 2. The van der Waals surface area contributed by atoms with E-state index in [0.29, 0.717) is 0 Å². The average molecular weight is 181 g/mol. The maximum atomic E-state index is 9.82. The van der Waals surface area contributed by atoms with Crippen molar-refractivity contribution in [3.8, 4) is 0 Å². The first-order chi connectivity index (χ1) is 5.54. The fourth-order valence-corrected chi connectivity index (χ4v) is 0.526. The predicted molar refractivity (Wildman–Crippen MR) is 34.8 cm³/mol. The van der Waals surface area contributed by atoms with Crippen LogP contribution in [0.15, 0.2) is 0 Å². The molecule has 0 heterocycles. The topological polar surface area (TPSA) is 121 Å². The van der Waals surface area contributed by atoms with E-state index in [4.69, 9.17) is 25.6 Å². The van der Waals surface area contributed by atoms with Crippen molar-refractivity contribution < 1.29 is 30.4 Å². The number of amides is 1. The minimum atomic E-state index is -1.95. The first kappa shape index (κ1) is 11.3. The van der Waals surface area contributed by atoms with Crippen LogP contribution in [0.2, 0.25) is 0 Å². The van der Waals surface area contributed by atoms with Crippen molar-refractivity contribution in [2.24, 2.45) is 0 Å². The van der Waals surface area contributed by atoms with Crippen molar-refractivity contribution in [2.45, 2.75) is 18.4 Å². The monoisotopic (exact) mass is 181 g/mol. The maximum Gasteiger partial charge on any atom is 0.235 e. The van der Waals surface area contributed by atoms with Gasteiger partial charge >= 0.3 is 0 Å². The van der Waals surface area contributed by atoms with Gasteiger partial charge in [-0.15, -0.1) is 0 Å². The molecule has 12 heavy (non-hydrogen) atoms. The summed E-state index contributed by atoms with van der Waals surface area (Å²) in [5.74, 6) is 0. The zero-order valence-electron chi connectivity index (χ0n) is 6.11. The molecule has 0 bridgehead atoms.